The van der Waals surface area contributed by atoms with Crippen molar-refractivity contribution in [2.45, 2.75) is 19.8 Å². The van der Waals surface area contributed by atoms with Gasteiger partial charge in [0.05, 0.1) is 17.1 Å². The zero-order chi connectivity index (χ0) is 19.6. The molecule has 7 heteroatoms. The highest BCUT2D eigenvalue weighted by molar-refractivity contribution is 6.02. The average Bonchev–Trinajstić information content (AvgIpc) is 2.67. The molecule has 0 aliphatic rings. The third-order valence-electron chi connectivity index (χ3n) is 3.63. The Kier molecular flexibility index (Phi) is 7.25. The molecule has 2 aromatic rings. The number of rotatable bonds is 8. The molecule has 0 aromatic heterocycles. The van der Waals surface area contributed by atoms with Crippen molar-refractivity contribution in [1.82, 2.24) is 0 Å². The minimum absolute atomic E-state index is 0.0426. The number of ether oxygens (including phenoxy) is 1. The smallest absolute Gasteiger partial charge is 0.338 e. The van der Waals surface area contributed by atoms with Gasteiger partial charge in [-0.15, -0.1) is 0 Å². The first-order chi connectivity index (χ1) is 13.0. The molecule has 0 saturated carbocycles. The van der Waals surface area contributed by atoms with Crippen LogP contribution >= 0.6 is 0 Å². The summed E-state index contributed by atoms with van der Waals surface area (Å²) in [7, 11) is 0. The van der Waals surface area contributed by atoms with E-state index in [0.29, 0.717) is 23.4 Å². The summed E-state index contributed by atoms with van der Waals surface area (Å²) < 4.78 is 5.12. The van der Waals surface area contributed by atoms with Crippen molar-refractivity contribution in [2.75, 3.05) is 11.9 Å². The minimum Gasteiger partial charge on any atom is -0.462 e. The quantitative estimate of drug-likeness (QED) is 0.247. The highest BCUT2D eigenvalue weighted by Crippen LogP contribution is 2.15. The number of hydrogen-bond acceptors (Lipinski definition) is 5. The summed E-state index contributed by atoms with van der Waals surface area (Å²) in [6, 6.07) is 12.3. The molecule has 0 spiro atoms. The van der Waals surface area contributed by atoms with Crippen molar-refractivity contribution in [3.63, 3.8) is 0 Å². The molecule has 2 rings (SSSR count). The number of benzene rings is 2. The summed E-state index contributed by atoms with van der Waals surface area (Å²) in [6.07, 6.45) is 4.53. The van der Waals surface area contributed by atoms with Crippen molar-refractivity contribution in [2.24, 2.45) is 0 Å². The number of anilines is 1. The second-order valence-corrected chi connectivity index (χ2v) is 5.74. The van der Waals surface area contributed by atoms with Crippen LogP contribution in [-0.2, 0) is 9.53 Å². The van der Waals surface area contributed by atoms with Gasteiger partial charge in [-0.1, -0.05) is 25.5 Å². The molecular formula is C20H20N2O5. The molecular weight excluding hydrogens is 348 g/mol. The second kappa shape index (κ2) is 9.86. The standard InChI is InChI=1S/C20H20N2O5/c1-2-3-13-27-20(24)16-8-10-17(11-9-16)21-19(23)12-7-15-5-4-6-18(14-15)22(25)26/h4-12,14H,2-3,13H2,1H3,(H,21,23). The summed E-state index contributed by atoms with van der Waals surface area (Å²) in [5, 5.41) is 13.4. The van der Waals surface area contributed by atoms with Gasteiger partial charge in [0.25, 0.3) is 5.69 Å². The number of carbonyl (C=O) groups is 2. The maximum absolute atomic E-state index is 12.0. The van der Waals surface area contributed by atoms with Gasteiger partial charge in [0.2, 0.25) is 5.91 Å². The van der Waals surface area contributed by atoms with Gasteiger partial charge in [0, 0.05) is 23.9 Å². The fourth-order valence-electron chi connectivity index (χ4n) is 2.18. The summed E-state index contributed by atoms with van der Waals surface area (Å²) in [5.74, 6) is -0.785. The van der Waals surface area contributed by atoms with Gasteiger partial charge in [-0.05, 0) is 42.3 Å². The summed E-state index contributed by atoms with van der Waals surface area (Å²) in [5.41, 5.74) is 1.44. The summed E-state index contributed by atoms with van der Waals surface area (Å²) in [6.45, 7) is 2.40. The number of nitro groups is 1. The first kappa shape index (κ1) is 19.8. The molecule has 0 saturated heterocycles. The number of carbonyl (C=O) groups excluding carboxylic acids is 2. The molecule has 140 valence electrons. The maximum atomic E-state index is 12.0. The van der Waals surface area contributed by atoms with Crippen molar-refractivity contribution in [1.29, 1.82) is 0 Å². The Bertz CT molecular complexity index is 844. The van der Waals surface area contributed by atoms with Crippen LogP contribution < -0.4 is 5.32 Å². The highest BCUT2D eigenvalue weighted by atomic mass is 16.6. The molecule has 1 N–H and O–H groups in total. The summed E-state index contributed by atoms with van der Waals surface area (Å²) >= 11 is 0. The molecule has 0 atom stereocenters. The van der Waals surface area contributed by atoms with Gasteiger partial charge in [-0.25, -0.2) is 4.79 Å². The predicted octanol–water partition coefficient (Wildman–Crippen LogP) is 4.20. The molecule has 0 fully saturated rings. The number of unbranched alkanes of at least 4 members (excludes halogenated alkanes) is 1. The third kappa shape index (κ3) is 6.39. The van der Waals surface area contributed by atoms with E-state index in [2.05, 4.69) is 5.32 Å². The van der Waals surface area contributed by atoms with Gasteiger partial charge >= 0.3 is 5.97 Å². The lowest BCUT2D eigenvalue weighted by Gasteiger charge is -2.05. The van der Waals surface area contributed by atoms with Gasteiger partial charge in [-0.3, -0.25) is 14.9 Å². The first-order valence-electron chi connectivity index (χ1n) is 8.50. The van der Waals surface area contributed by atoms with Crippen LogP contribution in [0.2, 0.25) is 0 Å². The van der Waals surface area contributed by atoms with Crippen molar-refractivity contribution in [3.05, 3.63) is 75.8 Å². The Hall–Kier alpha value is -3.48. The predicted molar refractivity (Wildman–Crippen MR) is 102 cm³/mol. The average molecular weight is 368 g/mol. The van der Waals surface area contributed by atoms with Gasteiger partial charge < -0.3 is 10.1 Å². The largest absolute Gasteiger partial charge is 0.462 e. The molecule has 0 aliphatic carbocycles. The van der Waals surface area contributed by atoms with Crippen LogP contribution in [0, 0.1) is 10.1 Å². The van der Waals surface area contributed by atoms with Crippen molar-refractivity contribution in [3.8, 4) is 0 Å². The number of esters is 1. The Labute approximate surface area is 156 Å². The lowest BCUT2D eigenvalue weighted by atomic mass is 10.2. The lowest BCUT2D eigenvalue weighted by Crippen LogP contribution is -2.09. The number of nitrogens with zero attached hydrogens (tertiary/aromatic N) is 1. The van der Waals surface area contributed by atoms with Crippen LogP contribution in [0.3, 0.4) is 0 Å². The van der Waals surface area contributed by atoms with Crippen LogP contribution in [0.1, 0.15) is 35.7 Å². The van der Waals surface area contributed by atoms with E-state index in [1.807, 2.05) is 6.92 Å². The van der Waals surface area contributed by atoms with E-state index in [1.165, 1.54) is 24.3 Å². The van der Waals surface area contributed by atoms with E-state index >= 15 is 0 Å². The molecule has 0 unspecified atom stereocenters. The van der Waals surface area contributed by atoms with Crippen LogP contribution in [0.4, 0.5) is 11.4 Å². The molecule has 2 aromatic carbocycles. The molecule has 1 amide bonds. The van der Waals surface area contributed by atoms with E-state index in [0.717, 1.165) is 12.8 Å². The SMILES string of the molecule is CCCCOC(=O)c1ccc(NC(=O)C=Cc2cccc([N+](=O)[O-])c2)cc1. The van der Waals surface area contributed by atoms with Crippen LogP contribution in [0.25, 0.3) is 6.08 Å². The monoisotopic (exact) mass is 368 g/mol. The Morgan fingerprint density at radius 2 is 1.93 bits per heavy atom. The Morgan fingerprint density at radius 3 is 2.59 bits per heavy atom. The first-order valence-corrected chi connectivity index (χ1v) is 8.50. The van der Waals surface area contributed by atoms with Gasteiger partial charge in [0.15, 0.2) is 0 Å². The van der Waals surface area contributed by atoms with Crippen LogP contribution in [-0.4, -0.2) is 23.4 Å². The molecule has 0 bridgehead atoms. The molecule has 0 aliphatic heterocycles. The maximum Gasteiger partial charge on any atom is 0.338 e. The zero-order valence-electron chi connectivity index (χ0n) is 14.9. The zero-order valence-corrected chi connectivity index (χ0v) is 14.9. The Morgan fingerprint density at radius 1 is 1.19 bits per heavy atom. The van der Waals surface area contributed by atoms with E-state index < -0.39 is 10.9 Å². The fraction of sp³-hybridized carbons (Fsp3) is 0.200. The summed E-state index contributed by atoms with van der Waals surface area (Å²) in [4.78, 5) is 34.1. The molecule has 7 nitrogen and oxygen atoms in total. The molecule has 0 radical (unpaired) electrons. The minimum atomic E-state index is -0.494. The van der Waals surface area contributed by atoms with E-state index in [4.69, 9.17) is 4.74 Å². The highest BCUT2D eigenvalue weighted by Gasteiger charge is 2.07. The normalized spacial score (nSPS) is 10.6. The number of amides is 1. The number of non-ortho nitro benzene ring substituents is 1. The third-order valence-corrected chi connectivity index (χ3v) is 3.63. The Balaban J connectivity index is 1.93. The van der Waals surface area contributed by atoms with Gasteiger partial charge in [-0.2, -0.15) is 0 Å². The number of hydrogen-bond donors (Lipinski definition) is 1. The van der Waals surface area contributed by atoms with E-state index in [1.54, 1.807) is 36.4 Å². The van der Waals surface area contributed by atoms with Crippen molar-refractivity contribution >= 4 is 29.3 Å². The topological polar surface area (TPSA) is 98.5 Å². The van der Waals surface area contributed by atoms with Gasteiger partial charge in [0.1, 0.15) is 0 Å². The lowest BCUT2D eigenvalue weighted by molar-refractivity contribution is -0.384. The van der Waals surface area contributed by atoms with Crippen molar-refractivity contribution < 1.29 is 19.2 Å². The molecule has 27 heavy (non-hydrogen) atoms. The molecule has 0 heterocycles. The van der Waals surface area contributed by atoms with E-state index in [9.17, 15) is 19.7 Å². The van der Waals surface area contributed by atoms with Crippen LogP contribution in [0.5, 0.6) is 0 Å². The second-order valence-electron chi connectivity index (χ2n) is 5.74. The fourth-order valence-corrected chi connectivity index (χ4v) is 2.18. The number of nitro benzene ring substituents is 1. The van der Waals surface area contributed by atoms with Crippen LogP contribution in [0.15, 0.2) is 54.6 Å². The van der Waals surface area contributed by atoms with E-state index in [-0.39, 0.29) is 11.6 Å². The number of nitrogens with one attached hydrogen (secondary N) is 1.